The summed E-state index contributed by atoms with van der Waals surface area (Å²) < 4.78 is 14.5. The molecule has 21 heavy (non-hydrogen) atoms. The molecule has 1 aromatic carbocycles. The van der Waals surface area contributed by atoms with Crippen molar-refractivity contribution in [3.05, 3.63) is 34.1 Å². The van der Waals surface area contributed by atoms with E-state index in [9.17, 15) is 9.18 Å². The summed E-state index contributed by atoms with van der Waals surface area (Å²) in [4.78, 5) is 16.6. The van der Waals surface area contributed by atoms with Gasteiger partial charge in [-0.05, 0) is 45.0 Å². The Morgan fingerprint density at radius 1 is 1.33 bits per heavy atom. The molecule has 0 unspecified atom stereocenters. The monoisotopic (exact) mass is 356 g/mol. The maximum Gasteiger partial charge on any atom is 0.223 e. The first-order valence-electron chi connectivity index (χ1n) is 7.32. The van der Waals surface area contributed by atoms with E-state index in [2.05, 4.69) is 41.7 Å². The molecule has 1 aliphatic heterocycles. The van der Waals surface area contributed by atoms with Gasteiger partial charge in [-0.1, -0.05) is 22.0 Å². The lowest BCUT2D eigenvalue weighted by molar-refractivity contribution is -0.136. The van der Waals surface area contributed by atoms with Crippen LogP contribution in [0, 0.1) is 5.82 Å². The van der Waals surface area contributed by atoms with Crippen LogP contribution in [0.1, 0.15) is 25.8 Å². The highest BCUT2D eigenvalue weighted by molar-refractivity contribution is 9.10. The average molecular weight is 357 g/mol. The van der Waals surface area contributed by atoms with Gasteiger partial charge in [0.25, 0.3) is 0 Å². The molecular formula is C16H22BrFN2O. The maximum absolute atomic E-state index is 13.8. The van der Waals surface area contributed by atoms with Gasteiger partial charge in [-0.25, -0.2) is 4.39 Å². The number of halogens is 2. The zero-order valence-corrected chi connectivity index (χ0v) is 14.4. The molecule has 1 amide bonds. The summed E-state index contributed by atoms with van der Waals surface area (Å²) in [7, 11) is 2.08. The van der Waals surface area contributed by atoms with Gasteiger partial charge >= 0.3 is 0 Å². The van der Waals surface area contributed by atoms with E-state index in [4.69, 9.17) is 0 Å². The summed E-state index contributed by atoms with van der Waals surface area (Å²) in [6.07, 6.45) is 0.810. The summed E-state index contributed by atoms with van der Waals surface area (Å²) in [6.45, 7) is 5.83. The minimum absolute atomic E-state index is 0.116. The van der Waals surface area contributed by atoms with Crippen LogP contribution in [0.4, 0.5) is 4.39 Å². The number of rotatable bonds is 3. The minimum atomic E-state index is -0.253. The standard InChI is InChI=1S/C16H22BrFN2O/c1-11-10-20(12(2)9-19(11)3)16(21)7-5-13-4-6-14(17)8-15(13)18/h4,6,8,11-12H,5,7,9-10H2,1-3H3/t11-,12-/m1/s1. The number of carbonyl (C=O) groups is 1. The lowest BCUT2D eigenvalue weighted by Crippen LogP contribution is -2.56. The topological polar surface area (TPSA) is 23.6 Å². The molecular weight excluding hydrogens is 335 g/mol. The van der Waals surface area contributed by atoms with Gasteiger partial charge < -0.3 is 4.90 Å². The van der Waals surface area contributed by atoms with Gasteiger partial charge in [0, 0.05) is 36.1 Å². The van der Waals surface area contributed by atoms with Gasteiger partial charge in [0.2, 0.25) is 5.91 Å². The first kappa shape index (κ1) is 16.4. The fraction of sp³-hybridized carbons (Fsp3) is 0.562. The van der Waals surface area contributed by atoms with E-state index in [1.54, 1.807) is 6.07 Å². The van der Waals surface area contributed by atoms with Crippen LogP contribution >= 0.6 is 15.9 Å². The largest absolute Gasteiger partial charge is 0.337 e. The number of amides is 1. The summed E-state index contributed by atoms with van der Waals surface area (Å²) in [6, 6.07) is 5.58. The molecule has 1 aromatic rings. The van der Waals surface area contributed by atoms with Crippen molar-refractivity contribution >= 4 is 21.8 Å². The van der Waals surface area contributed by atoms with Crippen LogP contribution in [0.25, 0.3) is 0 Å². The first-order chi connectivity index (χ1) is 9.88. The Labute approximate surface area is 134 Å². The Hall–Kier alpha value is -0.940. The van der Waals surface area contributed by atoms with Crippen LogP contribution in [0.2, 0.25) is 0 Å². The molecule has 1 fully saturated rings. The zero-order chi connectivity index (χ0) is 15.6. The summed E-state index contributed by atoms with van der Waals surface area (Å²) >= 11 is 3.24. The van der Waals surface area contributed by atoms with E-state index in [1.165, 1.54) is 6.07 Å². The molecule has 2 rings (SSSR count). The van der Waals surface area contributed by atoms with E-state index in [-0.39, 0.29) is 17.8 Å². The molecule has 3 nitrogen and oxygen atoms in total. The highest BCUT2D eigenvalue weighted by Gasteiger charge is 2.29. The van der Waals surface area contributed by atoms with Gasteiger partial charge in [0.1, 0.15) is 5.82 Å². The Bertz CT molecular complexity index is 523. The SMILES string of the molecule is C[C@@H]1CN(C(=O)CCc2ccc(Br)cc2F)[C@H](C)CN1C. The van der Waals surface area contributed by atoms with Crippen LogP contribution in [0.3, 0.4) is 0 Å². The molecule has 1 saturated heterocycles. The van der Waals surface area contributed by atoms with Gasteiger partial charge in [-0.3, -0.25) is 9.69 Å². The van der Waals surface area contributed by atoms with Crippen molar-refractivity contribution in [3.8, 4) is 0 Å². The molecule has 116 valence electrons. The van der Waals surface area contributed by atoms with Gasteiger partial charge in [-0.2, -0.15) is 0 Å². The quantitative estimate of drug-likeness (QED) is 0.830. The molecule has 2 atom stereocenters. The van der Waals surface area contributed by atoms with Crippen molar-refractivity contribution in [1.29, 1.82) is 0 Å². The van der Waals surface area contributed by atoms with Crippen LogP contribution in [0.15, 0.2) is 22.7 Å². The Balaban J connectivity index is 1.95. The first-order valence-corrected chi connectivity index (χ1v) is 8.11. The number of likely N-dealkylation sites (N-methyl/N-ethyl adjacent to an activating group) is 1. The van der Waals surface area contributed by atoms with Crippen molar-refractivity contribution in [3.63, 3.8) is 0 Å². The zero-order valence-electron chi connectivity index (χ0n) is 12.8. The molecule has 0 radical (unpaired) electrons. The lowest BCUT2D eigenvalue weighted by atomic mass is 10.1. The fourth-order valence-corrected chi connectivity index (χ4v) is 3.09. The smallest absolute Gasteiger partial charge is 0.223 e. The van der Waals surface area contributed by atoms with Crippen LogP contribution in [-0.4, -0.2) is 47.9 Å². The van der Waals surface area contributed by atoms with Gasteiger partial charge in [0.15, 0.2) is 0 Å². The number of carbonyl (C=O) groups excluding carboxylic acids is 1. The summed E-state index contributed by atoms with van der Waals surface area (Å²) in [5.41, 5.74) is 0.598. The second-order valence-electron chi connectivity index (χ2n) is 5.92. The second-order valence-corrected chi connectivity index (χ2v) is 6.84. The average Bonchev–Trinajstić information content (AvgIpc) is 2.41. The molecule has 0 N–H and O–H groups in total. The number of benzene rings is 1. The Kier molecular flexibility index (Phi) is 5.38. The maximum atomic E-state index is 13.8. The van der Waals surface area contributed by atoms with Crippen molar-refractivity contribution in [2.75, 3.05) is 20.1 Å². The van der Waals surface area contributed by atoms with Gasteiger partial charge in [-0.15, -0.1) is 0 Å². The van der Waals surface area contributed by atoms with E-state index >= 15 is 0 Å². The molecule has 1 heterocycles. The highest BCUT2D eigenvalue weighted by atomic mass is 79.9. The molecule has 0 aliphatic carbocycles. The van der Waals surface area contributed by atoms with Crippen LogP contribution in [-0.2, 0) is 11.2 Å². The van der Waals surface area contributed by atoms with Crippen molar-refractivity contribution in [2.45, 2.75) is 38.8 Å². The number of aryl methyl sites for hydroxylation is 1. The highest BCUT2D eigenvalue weighted by Crippen LogP contribution is 2.19. The van der Waals surface area contributed by atoms with Crippen molar-refractivity contribution in [1.82, 2.24) is 9.80 Å². The number of hydrogen-bond donors (Lipinski definition) is 0. The number of hydrogen-bond acceptors (Lipinski definition) is 2. The third-order valence-electron chi connectivity index (χ3n) is 4.24. The van der Waals surface area contributed by atoms with E-state index in [0.717, 1.165) is 17.6 Å². The third-order valence-corrected chi connectivity index (χ3v) is 4.73. The Morgan fingerprint density at radius 3 is 2.71 bits per heavy atom. The van der Waals surface area contributed by atoms with Gasteiger partial charge in [0.05, 0.1) is 0 Å². The van der Waals surface area contributed by atoms with E-state index < -0.39 is 0 Å². The minimum Gasteiger partial charge on any atom is -0.337 e. The fourth-order valence-electron chi connectivity index (χ4n) is 2.76. The predicted octanol–water partition coefficient (Wildman–Crippen LogP) is 3.07. The summed E-state index contributed by atoms with van der Waals surface area (Å²) in [5.74, 6) is -0.137. The second kappa shape index (κ2) is 6.88. The number of nitrogens with zero attached hydrogens (tertiary/aromatic N) is 2. The number of piperazine rings is 1. The van der Waals surface area contributed by atoms with Crippen LogP contribution in [0.5, 0.6) is 0 Å². The van der Waals surface area contributed by atoms with E-state index in [0.29, 0.717) is 24.4 Å². The normalized spacial score (nSPS) is 23.4. The van der Waals surface area contributed by atoms with E-state index in [1.807, 2.05) is 11.0 Å². The summed E-state index contributed by atoms with van der Waals surface area (Å²) in [5, 5.41) is 0. The predicted molar refractivity (Wildman–Crippen MR) is 85.7 cm³/mol. The Morgan fingerprint density at radius 2 is 2.05 bits per heavy atom. The van der Waals surface area contributed by atoms with Crippen molar-refractivity contribution < 1.29 is 9.18 Å². The molecule has 5 heteroatoms. The molecule has 0 spiro atoms. The lowest BCUT2D eigenvalue weighted by Gasteiger charge is -2.42. The van der Waals surface area contributed by atoms with Crippen molar-refractivity contribution in [2.24, 2.45) is 0 Å². The molecule has 0 aromatic heterocycles. The molecule has 0 bridgehead atoms. The molecule has 0 saturated carbocycles. The van der Waals surface area contributed by atoms with Crippen LogP contribution < -0.4 is 0 Å². The third kappa shape index (κ3) is 4.04. The molecule has 1 aliphatic rings.